The maximum atomic E-state index is 11.9. The minimum absolute atomic E-state index is 0.317. The average molecular weight is 318 g/mol. The second kappa shape index (κ2) is 6.70. The molecular formula is C16H18N2O3S. The zero-order valence-electron chi connectivity index (χ0n) is 13.0. The van der Waals surface area contributed by atoms with E-state index in [4.69, 9.17) is 4.74 Å². The van der Waals surface area contributed by atoms with E-state index in [1.807, 2.05) is 39.0 Å². The van der Waals surface area contributed by atoms with Crippen LogP contribution in [0.4, 0.5) is 5.69 Å². The van der Waals surface area contributed by atoms with Crippen molar-refractivity contribution in [3.8, 4) is 0 Å². The Hall–Kier alpha value is -2.21. The molecule has 5 nitrogen and oxygen atoms in total. The summed E-state index contributed by atoms with van der Waals surface area (Å²) in [5.74, 6) is -0.875. The van der Waals surface area contributed by atoms with Crippen LogP contribution in [0.2, 0.25) is 0 Å². The van der Waals surface area contributed by atoms with Crippen molar-refractivity contribution in [2.75, 3.05) is 11.9 Å². The van der Waals surface area contributed by atoms with Crippen molar-refractivity contribution in [1.29, 1.82) is 0 Å². The number of nitrogens with zero attached hydrogens (tertiary/aromatic N) is 1. The first kappa shape index (κ1) is 16.2. The molecule has 6 heteroatoms. The lowest BCUT2D eigenvalue weighted by Crippen LogP contribution is -2.21. The van der Waals surface area contributed by atoms with Crippen molar-refractivity contribution in [3.63, 3.8) is 0 Å². The summed E-state index contributed by atoms with van der Waals surface area (Å²) in [4.78, 5) is 28.4. The number of hydrogen-bond acceptors (Lipinski definition) is 5. The van der Waals surface area contributed by atoms with Crippen LogP contribution in [-0.2, 0) is 9.53 Å². The predicted molar refractivity (Wildman–Crippen MR) is 86.4 cm³/mol. The van der Waals surface area contributed by atoms with E-state index in [9.17, 15) is 9.59 Å². The molecule has 0 saturated heterocycles. The smallest absolute Gasteiger partial charge is 0.350 e. The number of carbonyl (C=O) groups is 2. The summed E-state index contributed by atoms with van der Waals surface area (Å²) in [6.07, 6.45) is 0. The quantitative estimate of drug-likeness (QED) is 0.879. The highest BCUT2D eigenvalue weighted by Crippen LogP contribution is 2.18. The number of thiazole rings is 1. The van der Waals surface area contributed by atoms with Gasteiger partial charge in [0.05, 0.1) is 10.7 Å². The molecule has 0 spiro atoms. The number of aryl methyl sites for hydroxylation is 4. The van der Waals surface area contributed by atoms with Gasteiger partial charge in [-0.1, -0.05) is 12.1 Å². The summed E-state index contributed by atoms with van der Waals surface area (Å²) in [7, 11) is 0. The van der Waals surface area contributed by atoms with Crippen molar-refractivity contribution in [1.82, 2.24) is 4.98 Å². The summed E-state index contributed by atoms with van der Waals surface area (Å²) >= 11 is 1.27. The second-order valence-electron chi connectivity index (χ2n) is 5.09. The van der Waals surface area contributed by atoms with Gasteiger partial charge in [-0.05, 0) is 44.9 Å². The maximum Gasteiger partial charge on any atom is 0.350 e. The van der Waals surface area contributed by atoms with Gasteiger partial charge in [-0.3, -0.25) is 4.79 Å². The van der Waals surface area contributed by atoms with E-state index in [1.54, 1.807) is 6.92 Å². The third-order valence-corrected chi connectivity index (χ3v) is 4.14. The fraction of sp³-hybridized carbons (Fsp3) is 0.312. The average Bonchev–Trinajstić information content (AvgIpc) is 2.79. The highest BCUT2D eigenvalue weighted by Gasteiger charge is 2.16. The number of carbonyl (C=O) groups excluding carboxylic acids is 2. The van der Waals surface area contributed by atoms with Crippen LogP contribution < -0.4 is 5.32 Å². The molecule has 116 valence electrons. The lowest BCUT2D eigenvalue weighted by molar-refractivity contribution is -0.119. The first-order valence-corrected chi connectivity index (χ1v) is 7.66. The summed E-state index contributed by atoms with van der Waals surface area (Å²) < 4.78 is 5.05. The molecule has 0 aliphatic carbocycles. The second-order valence-corrected chi connectivity index (χ2v) is 6.29. The maximum absolute atomic E-state index is 11.9. The lowest BCUT2D eigenvalue weighted by atomic mass is 10.1. The molecular weight excluding hydrogens is 300 g/mol. The highest BCUT2D eigenvalue weighted by atomic mass is 32.1. The van der Waals surface area contributed by atoms with E-state index in [0.717, 1.165) is 21.8 Å². The molecule has 0 atom stereocenters. The van der Waals surface area contributed by atoms with E-state index in [1.165, 1.54) is 11.3 Å². The van der Waals surface area contributed by atoms with Gasteiger partial charge in [0.1, 0.15) is 4.88 Å². The van der Waals surface area contributed by atoms with Gasteiger partial charge in [0, 0.05) is 5.69 Å². The zero-order valence-corrected chi connectivity index (χ0v) is 13.8. The fourth-order valence-electron chi connectivity index (χ4n) is 1.97. The number of anilines is 1. The molecule has 2 aromatic rings. The number of hydrogen-bond donors (Lipinski definition) is 1. The summed E-state index contributed by atoms with van der Waals surface area (Å²) in [5.41, 5.74) is 3.36. The number of amides is 1. The van der Waals surface area contributed by atoms with E-state index in [2.05, 4.69) is 10.3 Å². The molecule has 1 heterocycles. The zero-order chi connectivity index (χ0) is 16.3. The SMILES string of the molecule is Cc1ccc(C)c(NC(=O)COC(=O)c2sc(C)nc2C)c1. The Balaban J connectivity index is 1.94. The Bertz CT molecular complexity index is 722. The number of aromatic nitrogens is 1. The van der Waals surface area contributed by atoms with Crippen LogP contribution in [-0.4, -0.2) is 23.5 Å². The Morgan fingerprint density at radius 3 is 2.59 bits per heavy atom. The molecule has 0 aliphatic heterocycles. The molecule has 1 N–H and O–H groups in total. The number of rotatable bonds is 4. The van der Waals surface area contributed by atoms with Crippen molar-refractivity contribution in [3.05, 3.63) is 44.9 Å². The van der Waals surface area contributed by atoms with Crippen molar-refractivity contribution >= 4 is 28.9 Å². The molecule has 1 aromatic heterocycles. The van der Waals surface area contributed by atoms with E-state index >= 15 is 0 Å². The van der Waals surface area contributed by atoms with Gasteiger partial charge >= 0.3 is 5.97 Å². The molecule has 0 bridgehead atoms. The predicted octanol–water partition coefficient (Wildman–Crippen LogP) is 3.17. The minimum Gasteiger partial charge on any atom is -0.451 e. The van der Waals surface area contributed by atoms with Gasteiger partial charge < -0.3 is 10.1 Å². The topological polar surface area (TPSA) is 68.3 Å². The van der Waals surface area contributed by atoms with E-state index < -0.39 is 5.97 Å². The normalized spacial score (nSPS) is 10.4. The number of benzene rings is 1. The van der Waals surface area contributed by atoms with Gasteiger partial charge in [-0.25, -0.2) is 9.78 Å². The minimum atomic E-state index is -0.515. The van der Waals surface area contributed by atoms with Crippen LogP contribution in [0.3, 0.4) is 0 Å². The van der Waals surface area contributed by atoms with E-state index in [-0.39, 0.29) is 12.5 Å². The lowest BCUT2D eigenvalue weighted by Gasteiger charge is -2.09. The van der Waals surface area contributed by atoms with Crippen LogP contribution in [0.25, 0.3) is 0 Å². The molecule has 1 aromatic carbocycles. The molecule has 0 saturated carbocycles. The summed E-state index contributed by atoms with van der Waals surface area (Å²) in [5, 5.41) is 3.54. The Kier molecular flexibility index (Phi) is 4.92. The molecule has 0 fully saturated rings. The van der Waals surface area contributed by atoms with Gasteiger partial charge in [0.15, 0.2) is 6.61 Å². The summed E-state index contributed by atoms with van der Waals surface area (Å²) in [6.45, 7) is 7.11. The summed E-state index contributed by atoms with van der Waals surface area (Å²) in [6, 6.07) is 5.78. The Morgan fingerprint density at radius 1 is 1.23 bits per heavy atom. The number of esters is 1. The largest absolute Gasteiger partial charge is 0.451 e. The van der Waals surface area contributed by atoms with Gasteiger partial charge in [-0.15, -0.1) is 11.3 Å². The van der Waals surface area contributed by atoms with Crippen LogP contribution in [0.1, 0.15) is 31.5 Å². The van der Waals surface area contributed by atoms with Gasteiger partial charge in [0.2, 0.25) is 0 Å². The molecule has 22 heavy (non-hydrogen) atoms. The highest BCUT2D eigenvalue weighted by molar-refractivity contribution is 7.13. The van der Waals surface area contributed by atoms with Crippen molar-refractivity contribution in [2.24, 2.45) is 0 Å². The Labute approximate surface area is 133 Å². The van der Waals surface area contributed by atoms with Crippen molar-refractivity contribution < 1.29 is 14.3 Å². The van der Waals surface area contributed by atoms with Gasteiger partial charge in [0.25, 0.3) is 5.91 Å². The van der Waals surface area contributed by atoms with Crippen molar-refractivity contribution in [2.45, 2.75) is 27.7 Å². The molecule has 0 unspecified atom stereocenters. The molecule has 0 radical (unpaired) electrons. The monoisotopic (exact) mass is 318 g/mol. The number of nitrogens with one attached hydrogen (secondary N) is 1. The first-order valence-electron chi connectivity index (χ1n) is 6.85. The van der Waals surface area contributed by atoms with Crippen LogP contribution in [0, 0.1) is 27.7 Å². The third-order valence-electron chi connectivity index (χ3n) is 3.09. The van der Waals surface area contributed by atoms with Crippen LogP contribution in [0.5, 0.6) is 0 Å². The molecule has 2 rings (SSSR count). The standard InChI is InChI=1S/C16H18N2O3S/c1-9-5-6-10(2)13(7-9)18-14(19)8-21-16(20)15-11(3)17-12(4)22-15/h5-7H,8H2,1-4H3,(H,18,19). The first-order chi connectivity index (χ1) is 10.4. The molecule has 1 amide bonds. The van der Waals surface area contributed by atoms with Crippen LogP contribution in [0.15, 0.2) is 18.2 Å². The fourth-order valence-corrected chi connectivity index (χ4v) is 2.79. The van der Waals surface area contributed by atoms with Gasteiger partial charge in [-0.2, -0.15) is 0 Å². The Morgan fingerprint density at radius 2 is 1.95 bits per heavy atom. The van der Waals surface area contributed by atoms with E-state index in [0.29, 0.717) is 10.6 Å². The third kappa shape index (κ3) is 3.92. The number of ether oxygens (including phenoxy) is 1. The van der Waals surface area contributed by atoms with Crippen LogP contribution >= 0.6 is 11.3 Å². The molecule has 0 aliphatic rings.